The minimum Gasteiger partial charge on any atom is -0.311 e. The third kappa shape index (κ3) is 3.43. The van der Waals surface area contributed by atoms with Gasteiger partial charge in [0.15, 0.2) is 0 Å². The molecule has 0 saturated heterocycles. The average Bonchev–Trinajstić information content (AvgIpc) is 2.96. The molecule has 0 bridgehead atoms. The Morgan fingerprint density at radius 2 is 1.46 bits per heavy atom. The second kappa shape index (κ2) is 7.56. The summed E-state index contributed by atoms with van der Waals surface area (Å²) in [5.74, 6) is 6.31. The molecule has 3 aromatic carbocycles. The van der Waals surface area contributed by atoms with E-state index in [2.05, 4.69) is 11.8 Å². The van der Waals surface area contributed by atoms with E-state index in [4.69, 9.17) is 23.2 Å². The summed E-state index contributed by atoms with van der Waals surface area (Å²) in [6, 6.07) is 22.4. The zero-order chi connectivity index (χ0) is 19.7. The number of likely N-dealkylation sites (N-methyl/N-ethyl adjacent to an activating group) is 1. The van der Waals surface area contributed by atoms with Crippen LogP contribution in [0.1, 0.15) is 16.7 Å². The lowest BCUT2D eigenvalue weighted by Gasteiger charge is -2.09. The van der Waals surface area contributed by atoms with Crippen molar-refractivity contribution in [3.63, 3.8) is 0 Å². The van der Waals surface area contributed by atoms with Crippen LogP contribution < -0.4 is 4.90 Å². The van der Waals surface area contributed by atoms with E-state index in [0.717, 1.165) is 22.4 Å². The Bertz CT molecular complexity index is 1150. The monoisotopic (exact) mass is 403 g/mol. The maximum atomic E-state index is 13.1. The molecule has 0 fully saturated rings. The maximum Gasteiger partial charge on any atom is 0.260 e. The van der Waals surface area contributed by atoms with Crippen LogP contribution in [-0.2, 0) is 4.79 Å². The van der Waals surface area contributed by atoms with Crippen molar-refractivity contribution < 1.29 is 4.79 Å². The molecule has 0 aromatic heterocycles. The normalized spacial score (nSPS) is 14.4. The Hall–Kier alpha value is -2.99. The zero-order valence-corrected chi connectivity index (χ0v) is 16.6. The fourth-order valence-electron chi connectivity index (χ4n) is 3.17. The molecule has 0 saturated carbocycles. The van der Waals surface area contributed by atoms with Crippen molar-refractivity contribution in [2.45, 2.75) is 0 Å². The summed E-state index contributed by atoms with van der Waals surface area (Å²) < 4.78 is 0. The van der Waals surface area contributed by atoms with Crippen molar-refractivity contribution in [1.29, 1.82) is 0 Å². The molecule has 4 rings (SSSR count). The third-order valence-electron chi connectivity index (χ3n) is 4.61. The lowest BCUT2D eigenvalue weighted by Crippen LogP contribution is -2.20. The number of allylic oxidation sites excluding steroid dienone is 1. The number of benzene rings is 3. The minimum absolute atomic E-state index is 0.0726. The van der Waals surface area contributed by atoms with Gasteiger partial charge in [-0.1, -0.05) is 65.4 Å². The van der Waals surface area contributed by atoms with E-state index in [1.54, 1.807) is 36.2 Å². The summed E-state index contributed by atoms with van der Waals surface area (Å²) in [6.45, 7) is 0. The van der Waals surface area contributed by atoms with E-state index in [0.29, 0.717) is 21.2 Å². The number of carbonyl (C=O) groups is 1. The van der Waals surface area contributed by atoms with Gasteiger partial charge in [-0.25, -0.2) is 0 Å². The van der Waals surface area contributed by atoms with Crippen LogP contribution in [0.3, 0.4) is 0 Å². The van der Waals surface area contributed by atoms with E-state index < -0.39 is 0 Å². The number of nitrogens with zero attached hydrogens (tertiary/aromatic N) is 1. The summed E-state index contributed by atoms with van der Waals surface area (Å²) in [6.07, 6.45) is 0. The minimum atomic E-state index is -0.0726. The number of amides is 1. The van der Waals surface area contributed by atoms with Gasteiger partial charge in [-0.05, 0) is 48.0 Å². The Labute approximate surface area is 174 Å². The topological polar surface area (TPSA) is 20.3 Å². The van der Waals surface area contributed by atoms with E-state index in [1.165, 1.54) is 0 Å². The second-order valence-electron chi connectivity index (χ2n) is 6.40. The smallest absolute Gasteiger partial charge is 0.260 e. The molecule has 1 aliphatic heterocycles. The first-order valence-electron chi connectivity index (χ1n) is 8.70. The predicted octanol–water partition coefficient (Wildman–Crippen LogP) is 5.93. The van der Waals surface area contributed by atoms with Gasteiger partial charge in [0.05, 0.1) is 11.3 Å². The molecule has 28 heavy (non-hydrogen) atoms. The number of fused-ring (bicyclic) bond motifs is 1. The molecule has 3 aromatic rings. The van der Waals surface area contributed by atoms with Crippen molar-refractivity contribution in [2.75, 3.05) is 11.9 Å². The highest BCUT2D eigenvalue weighted by Gasteiger charge is 2.32. The van der Waals surface area contributed by atoms with Crippen LogP contribution in [0.2, 0.25) is 10.0 Å². The highest BCUT2D eigenvalue weighted by molar-refractivity contribution is 6.39. The molecule has 136 valence electrons. The fourth-order valence-corrected chi connectivity index (χ4v) is 3.43. The SMILES string of the molecule is CN1C(=O)/C(=C(/C#Cc2ccc(Cl)cc2)c2ccc(Cl)cc2)c2ccccc21. The van der Waals surface area contributed by atoms with Crippen LogP contribution in [0.4, 0.5) is 5.69 Å². The lowest BCUT2D eigenvalue weighted by molar-refractivity contribution is -0.112. The largest absolute Gasteiger partial charge is 0.311 e. The predicted molar refractivity (Wildman–Crippen MR) is 116 cm³/mol. The van der Waals surface area contributed by atoms with Gasteiger partial charge in [0.2, 0.25) is 0 Å². The van der Waals surface area contributed by atoms with Crippen LogP contribution in [0.25, 0.3) is 11.1 Å². The van der Waals surface area contributed by atoms with Crippen LogP contribution in [-0.4, -0.2) is 13.0 Å². The number of hydrogen-bond donors (Lipinski definition) is 0. The standard InChI is InChI=1S/C24H15Cl2NO/c1-27-22-5-3-2-4-21(22)23(24(27)28)20(17-9-13-19(26)14-10-17)15-8-16-6-11-18(25)12-7-16/h2-7,9-14H,1H3/b23-20-. The van der Waals surface area contributed by atoms with Gasteiger partial charge in [0.1, 0.15) is 0 Å². The molecular weight excluding hydrogens is 389 g/mol. The maximum absolute atomic E-state index is 13.1. The number of para-hydroxylation sites is 1. The number of halogens is 2. The molecule has 0 unspecified atom stereocenters. The van der Waals surface area contributed by atoms with Gasteiger partial charge in [-0.15, -0.1) is 0 Å². The second-order valence-corrected chi connectivity index (χ2v) is 7.27. The number of rotatable bonds is 1. The molecule has 0 aliphatic carbocycles. The van der Waals surface area contributed by atoms with Gasteiger partial charge >= 0.3 is 0 Å². The third-order valence-corrected chi connectivity index (χ3v) is 5.12. The van der Waals surface area contributed by atoms with Gasteiger partial charge in [-0.3, -0.25) is 4.79 Å². The molecular formula is C24H15Cl2NO. The molecule has 2 nitrogen and oxygen atoms in total. The molecule has 1 heterocycles. The van der Waals surface area contributed by atoms with Gasteiger partial charge < -0.3 is 4.90 Å². The van der Waals surface area contributed by atoms with Crippen LogP contribution >= 0.6 is 23.2 Å². The summed E-state index contributed by atoms with van der Waals surface area (Å²) in [7, 11) is 1.78. The Morgan fingerprint density at radius 1 is 0.857 bits per heavy atom. The number of anilines is 1. The summed E-state index contributed by atoms with van der Waals surface area (Å²) >= 11 is 12.0. The van der Waals surface area contributed by atoms with Crippen LogP contribution in [0.5, 0.6) is 0 Å². The highest BCUT2D eigenvalue weighted by atomic mass is 35.5. The first-order chi connectivity index (χ1) is 13.5. The van der Waals surface area contributed by atoms with Gasteiger partial charge in [0, 0.05) is 33.8 Å². The van der Waals surface area contributed by atoms with E-state index in [-0.39, 0.29) is 5.91 Å². The molecule has 1 aliphatic rings. The Kier molecular flexibility index (Phi) is 4.96. The van der Waals surface area contributed by atoms with E-state index in [9.17, 15) is 4.79 Å². The van der Waals surface area contributed by atoms with Crippen LogP contribution in [0.15, 0.2) is 72.8 Å². The fraction of sp³-hybridized carbons (Fsp3) is 0.0417. The van der Waals surface area contributed by atoms with E-state index >= 15 is 0 Å². The average molecular weight is 404 g/mol. The van der Waals surface area contributed by atoms with Gasteiger partial charge in [0.25, 0.3) is 5.91 Å². The van der Waals surface area contributed by atoms with Crippen LogP contribution in [0, 0.1) is 11.8 Å². The van der Waals surface area contributed by atoms with Crippen molar-refractivity contribution in [1.82, 2.24) is 0 Å². The first kappa shape index (κ1) is 18.4. The molecule has 4 heteroatoms. The number of hydrogen-bond acceptors (Lipinski definition) is 1. The number of carbonyl (C=O) groups excluding carboxylic acids is 1. The quantitative estimate of drug-likeness (QED) is 0.364. The molecule has 1 amide bonds. The lowest BCUT2D eigenvalue weighted by atomic mass is 9.95. The highest BCUT2D eigenvalue weighted by Crippen LogP contribution is 2.39. The summed E-state index contributed by atoms with van der Waals surface area (Å²) in [5.41, 5.74) is 4.70. The molecule has 0 radical (unpaired) electrons. The summed E-state index contributed by atoms with van der Waals surface area (Å²) in [4.78, 5) is 14.7. The Balaban J connectivity index is 1.94. The molecule has 0 N–H and O–H groups in total. The summed E-state index contributed by atoms with van der Waals surface area (Å²) in [5, 5.41) is 1.29. The van der Waals surface area contributed by atoms with E-state index in [1.807, 2.05) is 48.5 Å². The Morgan fingerprint density at radius 3 is 2.14 bits per heavy atom. The van der Waals surface area contributed by atoms with Gasteiger partial charge in [-0.2, -0.15) is 0 Å². The van der Waals surface area contributed by atoms with Crippen molar-refractivity contribution >= 4 is 45.9 Å². The van der Waals surface area contributed by atoms with Crippen molar-refractivity contribution in [3.05, 3.63) is 99.5 Å². The van der Waals surface area contributed by atoms with Crippen molar-refractivity contribution in [2.24, 2.45) is 0 Å². The first-order valence-corrected chi connectivity index (χ1v) is 9.45. The van der Waals surface area contributed by atoms with Crippen molar-refractivity contribution in [3.8, 4) is 11.8 Å². The molecule has 0 spiro atoms. The zero-order valence-electron chi connectivity index (χ0n) is 15.0. The molecule has 0 atom stereocenters.